The Kier molecular flexibility index (Phi) is 4.82. The minimum absolute atomic E-state index is 0.106. The van der Waals surface area contributed by atoms with Gasteiger partial charge >= 0.3 is 0 Å². The molecule has 1 spiro atoms. The lowest BCUT2D eigenvalue weighted by Gasteiger charge is -2.33. The molecule has 0 aromatic heterocycles. The Labute approximate surface area is 184 Å². The van der Waals surface area contributed by atoms with Crippen LogP contribution < -0.4 is 9.80 Å². The van der Waals surface area contributed by atoms with Crippen LogP contribution >= 0.6 is 11.8 Å². The highest BCUT2D eigenvalue weighted by Gasteiger charge is 2.60. The van der Waals surface area contributed by atoms with Gasteiger partial charge in [0.2, 0.25) is 10.8 Å². The number of hydrogen-bond acceptors (Lipinski definition) is 3. The molecule has 0 unspecified atom stereocenters. The Hall–Kier alpha value is -3.12. The average Bonchev–Trinajstić information content (AvgIpc) is 3.26. The van der Waals surface area contributed by atoms with Gasteiger partial charge in [-0.05, 0) is 36.2 Å². The number of rotatable bonds is 4. The summed E-state index contributed by atoms with van der Waals surface area (Å²) in [5.74, 6) is -0.461. The van der Waals surface area contributed by atoms with E-state index in [1.165, 1.54) is 17.8 Å². The number of hydrogen-bond donors (Lipinski definition) is 0. The van der Waals surface area contributed by atoms with Gasteiger partial charge in [0.25, 0.3) is 5.91 Å². The minimum atomic E-state index is -1.17. The van der Waals surface area contributed by atoms with Crippen molar-refractivity contribution in [2.24, 2.45) is 0 Å². The van der Waals surface area contributed by atoms with Crippen LogP contribution in [0.4, 0.5) is 15.8 Å². The van der Waals surface area contributed by atoms with Gasteiger partial charge in [-0.25, -0.2) is 4.39 Å². The highest BCUT2D eigenvalue weighted by Crippen LogP contribution is 2.55. The number of carbonyl (C=O) groups excluding carboxylic acids is 2. The van der Waals surface area contributed by atoms with Gasteiger partial charge in [-0.15, -0.1) is 11.8 Å². The summed E-state index contributed by atoms with van der Waals surface area (Å²) in [6, 6.07) is 21.8. The zero-order chi connectivity index (χ0) is 21.6. The largest absolute Gasteiger partial charge is 0.304 e. The third-order valence-electron chi connectivity index (χ3n) is 5.95. The van der Waals surface area contributed by atoms with E-state index >= 15 is 0 Å². The van der Waals surface area contributed by atoms with E-state index in [2.05, 4.69) is 6.92 Å². The van der Waals surface area contributed by atoms with Gasteiger partial charge in [-0.2, -0.15) is 0 Å². The predicted molar refractivity (Wildman–Crippen MR) is 121 cm³/mol. The second-order valence-electron chi connectivity index (χ2n) is 7.68. The molecule has 0 radical (unpaired) electrons. The van der Waals surface area contributed by atoms with E-state index in [-0.39, 0.29) is 29.9 Å². The standard InChI is InChI=1S/C25H21FN2O2S/c1-2-17-11-13-19(14-12-17)28-23(29)16-31-25(28)20-8-4-6-10-22(20)27(24(25)30)15-18-7-3-5-9-21(18)26/h3-14H,2,15-16H2,1H3/t25-/m1/s1. The molecular weight excluding hydrogens is 411 g/mol. The van der Waals surface area contributed by atoms with Crippen molar-refractivity contribution >= 4 is 35.0 Å². The number of carbonyl (C=O) groups is 2. The van der Waals surface area contributed by atoms with Gasteiger partial charge in [0.1, 0.15) is 5.82 Å². The van der Waals surface area contributed by atoms with Crippen LogP contribution in [0.3, 0.4) is 0 Å². The molecule has 5 rings (SSSR count). The molecule has 2 amide bonds. The number of nitrogens with zero attached hydrogens (tertiary/aromatic N) is 2. The molecule has 156 valence electrons. The summed E-state index contributed by atoms with van der Waals surface area (Å²) in [4.78, 5) is 29.0. The maximum Gasteiger partial charge on any atom is 0.269 e. The molecule has 0 aliphatic carbocycles. The zero-order valence-corrected chi connectivity index (χ0v) is 17.9. The Bertz CT molecular complexity index is 1180. The molecule has 1 saturated heterocycles. The third kappa shape index (κ3) is 2.97. The van der Waals surface area contributed by atoms with Crippen molar-refractivity contribution in [1.82, 2.24) is 0 Å². The summed E-state index contributed by atoms with van der Waals surface area (Å²) in [6.07, 6.45) is 0.895. The molecule has 0 saturated carbocycles. The van der Waals surface area contributed by atoms with Gasteiger partial charge in [0, 0.05) is 16.8 Å². The molecule has 2 aliphatic rings. The van der Waals surface area contributed by atoms with Gasteiger partial charge in [-0.1, -0.05) is 55.5 Å². The van der Waals surface area contributed by atoms with Crippen LogP contribution in [-0.4, -0.2) is 17.6 Å². The molecule has 4 nitrogen and oxygen atoms in total. The second-order valence-corrected chi connectivity index (χ2v) is 8.85. The maximum atomic E-state index is 14.4. The molecule has 2 heterocycles. The first-order valence-corrected chi connectivity index (χ1v) is 11.3. The third-order valence-corrected chi connectivity index (χ3v) is 7.34. The number of fused-ring (bicyclic) bond motifs is 2. The number of para-hydroxylation sites is 1. The second kappa shape index (κ2) is 7.54. The van der Waals surface area contributed by atoms with Crippen molar-refractivity contribution in [3.05, 3.63) is 95.3 Å². The van der Waals surface area contributed by atoms with E-state index in [9.17, 15) is 14.0 Å². The highest BCUT2D eigenvalue weighted by atomic mass is 32.2. The summed E-state index contributed by atoms with van der Waals surface area (Å²) in [7, 11) is 0. The number of anilines is 2. The molecule has 0 N–H and O–H groups in total. The van der Waals surface area contributed by atoms with Gasteiger partial charge in [0.15, 0.2) is 0 Å². The van der Waals surface area contributed by atoms with Crippen LogP contribution in [0.2, 0.25) is 0 Å². The Morgan fingerprint density at radius 2 is 1.68 bits per heavy atom. The fraction of sp³-hybridized carbons (Fsp3) is 0.200. The quantitative estimate of drug-likeness (QED) is 0.591. The van der Waals surface area contributed by atoms with Gasteiger partial charge < -0.3 is 4.90 Å². The Balaban J connectivity index is 1.63. The monoisotopic (exact) mass is 432 g/mol. The van der Waals surface area contributed by atoms with E-state index in [0.717, 1.165) is 17.5 Å². The molecular formula is C25H21FN2O2S. The highest BCUT2D eigenvalue weighted by molar-refractivity contribution is 8.02. The van der Waals surface area contributed by atoms with E-state index in [0.29, 0.717) is 16.9 Å². The van der Waals surface area contributed by atoms with E-state index in [4.69, 9.17) is 0 Å². The van der Waals surface area contributed by atoms with Crippen molar-refractivity contribution < 1.29 is 14.0 Å². The van der Waals surface area contributed by atoms with E-state index in [1.54, 1.807) is 28.0 Å². The first-order chi connectivity index (χ1) is 15.1. The van der Waals surface area contributed by atoms with Crippen molar-refractivity contribution in [2.75, 3.05) is 15.6 Å². The topological polar surface area (TPSA) is 40.6 Å². The molecule has 6 heteroatoms. The van der Waals surface area contributed by atoms with Crippen LogP contribution in [0.1, 0.15) is 23.6 Å². The summed E-state index contributed by atoms with van der Waals surface area (Å²) < 4.78 is 14.4. The molecule has 3 aromatic carbocycles. The van der Waals surface area contributed by atoms with Crippen LogP contribution in [0.5, 0.6) is 0 Å². The van der Waals surface area contributed by atoms with E-state index < -0.39 is 4.87 Å². The van der Waals surface area contributed by atoms with Crippen LogP contribution in [0.15, 0.2) is 72.8 Å². The number of benzene rings is 3. The summed E-state index contributed by atoms with van der Waals surface area (Å²) in [6.45, 7) is 2.19. The van der Waals surface area contributed by atoms with Gasteiger partial charge in [-0.3, -0.25) is 14.5 Å². The van der Waals surface area contributed by atoms with Crippen LogP contribution in [-0.2, 0) is 27.4 Å². The van der Waals surface area contributed by atoms with Crippen LogP contribution in [0, 0.1) is 5.82 Å². The molecule has 1 atom stereocenters. The smallest absolute Gasteiger partial charge is 0.269 e. The molecule has 2 aliphatic heterocycles. The number of halogens is 1. The number of amides is 2. The Morgan fingerprint density at radius 1 is 0.968 bits per heavy atom. The number of aryl methyl sites for hydroxylation is 1. The van der Waals surface area contributed by atoms with Crippen molar-refractivity contribution in [3.63, 3.8) is 0 Å². The fourth-order valence-electron chi connectivity index (χ4n) is 4.39. The first kappa shape index (κ1) is 19.8. The minimum Gasteiger partial charge on any atom is -0.304 e. The lowest BCUT2D eigenvalue weighted by molar-refractivity contribution is -0.123. The van der Waals surface area contributed by atoms with Crippen molar-refractivity contribution in [2.45, 2.75) is 24.8 Å². The van der Waals surface area contributed by atoms with Crippen molar-refractivity contribution in [3.8, 4) is 0 Å². The lowest BCUT2D eigenvalue weighted by Crippen LogP contribution is -2.49. The lowest BCUT2D eigenvalue weighted by atomic mass is 10.0. The molecule has 1 fully saturated rings. The van der Waals surface area contributed by atoms with Crippen LogP contribution in [0.25, 0.3) is 0 Å². The van der Waals surface area contributed by atoms with Gasteiger partial charge in [0.05, 0.1) is 18.0 Å². The predicted octanol–water partition coefficient (Wildman–Crippen LogP) is 4.87. The average molecular weight is 433 g/mol. The molecule has 31 heavy (non-hydrogen) atoms. The zero-order valence-electron chi connectivity index (χ0n) is 17.0. The maximum absolute atomic E-state index is 14.4. The number of thioether (sulfide) groups is 1. The first-order valence-electron chi connectivity index (χ1n) is 10.3. The normalized spacial score (nSPS) is 20.1. The summed E-state index contributed by atoms with van der Waals surface area (Å²) in [5.41, 5.74) is 3.79. The molecule has 3 aromatic rings. The fourth-order valence-corrected chi connectivity index (χ4v) is 5.75. The Morgan fingerprint density at radius 3 is 2.42 bits per heavy atom. The van der Waals surface area contributed by atoms with Crippen molar-refractivity contribution in [1.29, 1.82) is 0 Å². The summed E-state index contributed by atoms with van der Waals surface area (Å²) >= 11 is 1.33. The SMILES string of the molecule is CCc1ccc(N2C(=O)CS[C@]23C(=O)N(Cc2ccccc2F)c2ccccc23)cc1. The van der Waals surface area contributed by atoms with E-state index in [1.807, 2.05) is 48.5 Å². The summed E-state index contributed by atoms with van der Waals surface area (Å²) in [5, 5.41) is 0. The molecule has 0 bridgehead atoms.